The highest BCUT2D eigenvalue weighted by Crippen LogP contribution is 2.69. The van der Waals surface area contributed by atoms with Crippen molar-refractivity contribution < 1.29 is 23.8 Å². The van der Waals surface area contributed by atoms with E-state index in [0.29, 0.717) is 35.9 Å². The quantitative estimate of drug-likeness (QED) is 0.299. The smallest absolute Gasteiger partial charge is 0.302 e. The first kappa shape index (κ1) is 25.9. The zero-order valence-electron chi connectivity index (χ0n) is 23.2. The number of carbonyl (C=O) groups excluding carboxylic acids is 2. The van der Waals surface area contributed by atoms with Gasteiger partial charge in [-0.1, -0.05) is 32.4 Å². The highest BCUT2D eigenvalue weighted by atomic mass is 16.5. The summed E-state index contributed by atoms with van der Waals surface area (Å²) in [6, 6.07) is 0. The summed E-state index contributed by atoms with van der Waals surface area (Å²) in [6.45, 7) is 13.1. The van der Waals surface area contributed by atoms with Crippen molar-refractivity contribution >= 4 is 11.9 Å². The van der Waals surface area contributed by atoms with E-state index in [-0.39, 0.29) is 23.5 Å². The third-order valence-corrected chi connectivity index (χ3v) is 11.0. The molecular formula is C31H46O5. The van der Waals surface area contributed by atoms with Crippen molar-refractivity contribution in [3.63, 3.8) is 0 Å². The predicted octanol–water partition coefficient (Wildman–Crippen LogP) is 6.76. The molecule has 9 atom stereocenters. The van der Waals surface area contributed by atoms with Gasteiger partial charge in [-0.25, -0.2) is 0 Å². The third kappa shape index (κ3) is 4.32. The fourth-order valence-electron chi connectivity index (χ4n) is 9.27. The minimum atomic E-state index is -0.200. The van der Waals surface area contributed by atoms with Crippen molar-refractivity contribution in [2.24, 2.45) is 40.4 Å². The first-order chi connectivity index (χ1) is 17.0. The Bertz CT molecular complexity index is 964. The summed E-state index contributed by atoms with van der Waals surface area (Å²) in [6.07, 6.45) is 12.9. The molecule has 0 N–H and O–H groups in total. The molecule has 0 amide bonds. The van der Waals surface area contributed by atoms with E-state index in [9.17, 15) is 9.59 Å². The van der Waals surface area contributed by atoms with Crippen LogP contribution < -0.4 is 0 Å². The van der Waals surface area contributed by atoms with Crippen molar-refractivity contribution in [1.29, 1.82) is 0 Å². The van der Waals surface area contributed by atoms with Gasteiger partial charge in [0.25, 0.3) is 0 Å². The Morgan fingerprint density at radius 1 is 1.14 bits per heavy atom. The summed E-state index contributed by atoms with van der Waals surface area (Å²) in [5.74, 6) is 3.93. The number of carbonyl (C=O) groups is 2. The summed E-state index contributed by atoms with van der Waals surface area (Å²) < 4.78 is 17.5. The van der Waals surface area contributed by atoms with Crippen molar-refractivity contribution in [3.8, 4) is 0 Å². The van der Waals surface area contributed by atoms with Crippen molar-refractivity contribution in [2.45, 2.75) is 112 Å². The van der Waals surface area contributed by atoms with Gasteiger partial charge < -0.3 is 14.2 Å². The first-order valence-corrected chi connectivity index (χ1v) is 14.4. The van der Waals surface area contributed by atoms with Crippen molar-refractivity contribution in [2.75, 3.05) is 6.61 Å². The van der Waals surface area contributed by atoms with Gasteiger partial charge in [0.1, 0.15) is 12.2 Å². The van der Waals surface area contributed by atoms with Crippen LogP contribution in [-0.4, -0.2) is 30.8 Å². The average Bonchev–Trinajstić information content (AvgIpc) is 3.29. The topological polar surface area (TPSA) is 61.8 Å². The van der Waals surface area contributed by atoms with E-state index in [2.05, 4.69) is 33.8 Å². The monoisotopic (exact) mass is 498 g/mol. The number of rotatable bonds is 6. The lowest BCUT2D eigenvalue weighted by molar-refractivity contribution is -0.148. The zero-order chi connectivity index (χ0) is 25.8. The Hall–Kier alpha value is -1.78. The molecule has 0 saturated heterocycles. The lowest BCUT2D eigenvalue weighted by atomic mass is 9.47. The molecule has 0 unspecified atom stereocenters. The van der Waals surface area contributed by atoms with Gasteiger partial charge in [-0.2, -0.15) is 0 Å². The van der Waals surface area contributed by atoms with Crippen molar-refractivity contribution in [1.82, 2.24) is 0 Å². The van der Waals surface area contributed by atoms with Gasteiger partial charge in [0, 0.05) is 32.6 Å². The molecule has 3 fully saturated rings. The maximum atomic E-state index is 11.5. The van der Waals surface area contributed by atoms with Gasteiger partial charge in [-0.05, 0) is 91.9 Å². The maximum Gasteiger partial charge on any atom is 0.302 e. The van der Waals surface area contributed by atoms with Crippen LogP contribution in [0.5, 0.6) is 0 Å². The van der Waals surface area contributed by atoms with E-state index in [1.54, 1.807) is 5.57 Å². The number of hydrogen-bond donors (Lipinski definition) is 0. The van der Waals surface area contributed by atoms with Crippen LogP contribution in [0.2, 0.25) is 0 Å². The molecule has 0 aromatic heterocycles. The van der Waals surface area contributed by atoms with E-state index in [1.807, 2.05) is 0 Å². The molecule has 200 valence electrons. The number of allylic oxidation sites excluding steroid dienone is 2. The van der Waals surface area contributed by atoms with Crippen LogP contribution in [0.4, 0.5) is 0 Å². The molecule has 0 aromatic rings. The highest BCUT2D eigenvalue weighted by molar-refractivity contribution is 5.66. The number of ether oxygens (including phenoxy) is 3. The lowest BCUT2D eigenvalue weighted by Gasteiger charge is -2.58. The summed E-state index contributed by atoms with van der Waals surface area (Å²) in [5.41, 5.74) is 3.62. The average molecular weight is 499 g/mol. The van der Waals surface area contributed by atoms with Gasteiger partial charge >= 0.3 is 11.9 Å². The Morgan fingerprint density at radius 2 is 1.92 bits per heavy atom. The molecule has 1 aliphatic heterocycles. The van der Waals surface area contributed by atoms with Gasteiger partial charge in [0.15, 0.2) is 0 Å². The van der Waals surface area contributed by atoms with E-state index in [0.717, 1.165) is 43.9 Å². The Morgan fingerprint density at radius 3 is 2.64 bits per heavy atom. The number of esters is 2. The predicted molar refractivity (Wildman–Crippen MR) is 139 cm³/mol. The molecule has 0 aromatic carbocycles. The Labute approximate surface area is 217 Å². The van der Waals surface area contributed by atoms with E-state index in [4.69, 9.17) is 14.2 Å². The SMILES string of the molecule is CC(=O)OC[C@H](C)CCC1=C(C)[C@@H]2[C@H](C[C@H]3[C@H]4CC=C5C[C@@H](OC(C)=O)CC[C@]5(C)[C@@H]4CC[C@]23C)O1. The molecule has 0 bridgehead atoms. The molecule has 1 heterocycles. The molecule has 5 rings (SSSR count). The minimum Gasteiger partial charge on any atom is -0.494 e. The van der Waals surface area contributed by atoms with Crippen LogP contribution in [0.3, 0.4) is 0 Å². The van der Waals surface area contributed by atoms with Crippen LogP contribution in [0.25, 0.3) is 0 Å². The second-order valence-corrected chi connectivity index (χ2v) is 13.2. The van der Waals surface area contributed by atoms with Crippen LogP contribution in [0.1, 0.15) is 99.3 Å². The highest BCUT2D eigenvalue weighted by Gasteiger charge is 2.63. The molecule has 5 heteroatoms. The molecule has 0 spiro atoms. The van der Waals surface area contributed by atoms with E-state index in [1.165, 1.54) is 50.9 Å². The van der Waals surface area contributed by atoms with Gasteiger partial charge in [-0.3, -0.25) is 9.59 Å². The van der Waals surface area contributed by atoms with Crippen LogP contribution in [-0.2, 0) is 23.8 Å². The second kappa shape index (κ2) is 9.51. The zero-order valence-corrected chi connectivity index (χ0v) is 23.2. The Kier molecular flexibility index (Phi) is 6.83. The molecule has 5 aliphatic rings. The fourth-order valence-corrected chi connectivity index (χ4v) is 9.27. The summed E-state index contributed by atoms with van der Waals surface area (Å²) >= 11 is 0. The normalized spacial score (nSPS) is 41.8. The van der Waals surface area contributed by atoms with Crippen LogP contribution >= 0.6 is 0 Å². The number of fused-ring (bicyclic) bond motifs is 7. The Balaban J connectivity index is 1.29. The van der Waals surface area contributed by atoms with E-state index >= 15 is 0 Å². The first-order valence-electron chi connectivity index (χ1n) is 14.4. The van der Waals surface area contributed by atoms with Gasteiger partial charge in [0.05, 0.1) is 12.4 Å². The number of hydrogen-bond acceptors (Lipinski definition) is 5. The second-order valence-electron chi connectivity index (χ2n) is 13.2. The molecule has 4 aliphatic carbocycles. The third-order valence-electron chi connectivity index (χ3n) is 11.0. The molecule has 0 radical (unpaired) electrons. The standard InChI is InChI=1S/C31H46O5/c1-18(17-34-20(3)32)7-10-27-19(2)29-28(36-27)16-26-24-9-8-22-15-23(35-21(4)33)11-13-30(22,5)25(24)12-14-31(26,29)6/h8,18,23-26,28-29H,7,9-17H2,1-6H3/t18-,23+,24+,25-,26+,28+,29-,30+,31+/m1/s1. The molecule has 36 heavy (non-hydrogen) atoms. The summed E-state index contributed by atoms with van der Waals surface area (Å²) in [4.78, 5) is 22.7. The summed E-state index contributed by atoms with van der Waals surface area (Å²) in [7, 11) is 0. The van der Waals surface area contributed by atoms with Gasteiger partial charge in [0.2, 0.25) is 0 Å². The van der Waals surface area contributed by atoms with Gasteiger partial charge in [-0.15, -0.1) is 0 Å². The van der Waals surface area contributed by atoms with Crippen molar-refractivity contribution in [3.05, 3.63) is 23.0 Å². The fraction of sp³-hybridized carbons (Fsp3) is 0.806. The molecule has 3 saturated carbocycles. The lowest BCUT2D eigenvalue weighted by Crippen LogP contribution is -2.50. The molecule has 5 nitrogen and oxygen atoms in total. The largest absolute Gasteiger partial charge is 0.494 e. The minimum absolute atomic E-state index is 0.0643. The van der Waals surface area contributed by atoms with E-state index < -0.39 is 0 Å². The molecular weight excluding hydrogens is 452 g/mol. The maximum absolute atomic E-state index is 11.5. The van der Waals surface area contributed by atoms with Crippen LogP contribution in [0, 0.1) is 40.4 Å². The summed E-state index contributed by atoms with van der Waals surface area (Å²) in [5, 5.41) is 0. The van der Waals surface area contributed by atoms with Crippen LogP contribution in [0.15, 0.2) is 23.0 Å².